The molecule has 1 N–H and O–H groups in total. The summed E-state index contributed by atoms with van der Waals surface area (Å²) in [4.78, 5) is 2.80. The van der Waals surface area contributed by atoms with Crippen molar-refractivity contribution in [1.29, 1.82) is 0 Å². The molecular formula is C21H28N2O2S. The van der Waals surface area contributed by atoms with Gasteiger partial charge >= 0.3 is 0 Å². The highest BCUT2D eigenvalue weighted by Gasteiger charge is 2.18. The number of nitrogens with one attached hydrogen (secondary N) is 1. The second-order valence-electron chi connectivity index (χ2n) is 7.53. The Labute approximate surface area is 157 Å². The highest BCUT2D eigenvalue weighted by molar-refractivity contribution is 7.92. The van der Waals surface area contributed by atoms with E-state index in [9.17, 15) is 8.42 Å². The molecule has 1 fully saturated rings. The van der Waals surface area contributed by atoms with E-state index < -0.39 is 10.0 Å². The van der Waals surface area contributed by atoms with Crippen molar-refractivity contribution in [2.75, 3.05) is 17.8 Å². The number of piperidine rings is 1. The number of benzene rings is 2. The monoisotopic (exact) mass is 372 g/mol. The molecule has 0 atom stereocenters. The zero-order valence-electron chi connectivity index (χ0n) is 15.8. The van der Waals surface area contributed by atoms with E-state index in [-0.39, 0.29) is 0 Å². The number of likely N-dealkylation sites (tertiary alicyclic amines) is 1. The van der Waals surface area contributed by atoms with Crippen LogP contribution in [0.2, 0.25) is 0 Å². The number of nitrogens with zero attached hydrogens (tertiary/aromatic N) is 1. The van der Waals surface area contributed by atoms with Gasteiger partial charge in [0.1, 0.15) is 0 Å². The number of hydrogen-bond acceptors (Lipinski definition) is 3. The van der Waals surface area contributed by atoms with E-state index in [1.54, 1.807) is 6.07 Å². The lowest BCUT2D eigenvalue weighted by Gasteiger charge is -2.30. The predicted molar refractivity (Wildman–Crippen MR) is 107 cm³/mol. The van der Waals surface area contributed by atoms with Crippen molar-refractivity contribution in [3.05, 3.63) is 59.2 Å². The fourth-order valence-electron chi connectivity index (χ4n) is 3.47. The van der Waals surface area contributed by atoms with Gasteiger partial charge in [0.25, 0.3) is 10.0 Å². The van der Waals surface area contributed by atoms with E-state index in [1.165, 1.54) is 18.4 Å². The van der Waals surface area contributed by atoms with Gasteiger partial charge in [-0.05, 0) is 75.0 Å². The molecule has 0 bridgehead atoms. The van der Waals surface area contributed by atoms with Crippen LogP contribution in [0, 0.1) is 19.8 Å². The highest BCUT2D eigenvalue weighted by Crippen LogP contribution is 2.22. The molecule has 1 heterocycles. The maximum absolute atomic E-state index is 12.6. The number of aryl methyl sites for hydroxylation is 2. The normalized spacial score (nSPS) is 16.6. The molecule has 5 heteroatoms. The summed E-state index contributed by atoms with van der Waals surface area (Å²) in [5.41, 5.74) is 3.63. The standard InChI is InChI=1S/C21H28N2O2S/c1-16-10-12-23(13-11-16)15-19-5-7-20(8-6-19)22-26(24,25)21-9-4-17(2)14-18(21)3/h4-9,14,16,22H,10-13,15H2,1-3H3. The second kappa shape index (κ2) is 7.80. The van der Waals surface area contributed by atoms with E-state index in [1.807, 2.05) is 50.2 Å². The Bertz CT molecular complexity index is 852. The summed E-state index contributed by atoms with van der Waals surface area (Å²) >= 11 is 0. The minimum absolute atomic E-state index is 0.328. The number of sulfonamides is 1. The number of hydrogen-bond donors (Lipinski definition) is 1. The van der Waals surface area contributed by atoms with Crippen molar-refractivity contribution in [1.82, 2.24) is 4.90 Å². The third-order valence-corrected chi connectivity index (χ3v) is 6.65. The predicted octanol–water partition coefficient (Wildman–Crippen LogP) is 4.34. The first kappa shape index (κ1) is 18.9. The molecule has 0 radical (unpaired) electrons. The van der Waals surface area contributed by atoms with Gasteiger partial charge in [0.05, 0.1) is 4.90 Å². The van der Waals surface area contributed by atoms with Gasteiger partial charge in [-0.3, -0.25) is 9.62 Å². The van der Waals surface area contributed by atoms with Crippen molar-refractivity contribution in [3.63, 3.8) is 0 Å². The molecule has 1 aliphatic heterocycles. The Kier molecular flexibility index (Phi) is 5.68. The van der Waals surface area contributed by atoms with Crippen molar-refractivity contribution < 1.29 is 8.42 Å². The molecule has 0 unspecified atom stereocenters. The second-order valence-corrected chi connectivity index (χ2v) is 9.18. The molecule has 2 aromatic rings. The van der Waals surface area contributed by atoms with Gasteiger partial charge in [-0.25, -0.2) is 8.42 Å². The lowest BCUT2D eigenvalue weighted by atomic mass is 9.99. The summed E-state index contributed by atoms with van der Waals surface area (Å²) in [6.45, 7) is 9.30. The van der Waals surface area contributed by atoms with Gasteiger partial charge in [-0.2, -0.15) is 0 Å². The first-order chi connectivity index (χ1) is 12.3. The average molecular weight is 373 g/mol. The Morgan fingerprint density at radius 1 is 1.04 bits per heavy atom. The summed E-state index contributed by atoms with van der Waals surface area (Å²) < 4.78 is 28.0. The van der Waals surface area contributed by atoms with Crippen LogP contribution < -0.4 is 4.72 Å². The van der Waals surface area contributed by atoms with E-state index in [4.69, 9.17) is 0 Å². The molecule has 1 aliphatic rings. The zero-order valence-corrected chi connectivity index (χ0v) is 16.6. The number of anilines is 1. The molecular weight excluding hydrogens is 344 g/mol. The maximum atomic E-state index is 12.6. The quantitative estimate of drug-likeness (QED) is 0.849. The first-order valence-corrected chi connectivity index (χ1v) is 10.7. The van der Waals surface area contributed by atoms with Crippen molar-refractivity contribution in [3.8, 4) is 0 Å². The Hall–Kier alpha value is -1.85. The van der Waals surface area contributed by atoms with Crippen molar-refractivity contribution in [2.24, 2.45) is 5.92 Å². The molecule has 1 saturated heterocycles. The molecule has 3 rings (SSSR count). The fraction of sp³-hybridized carbons (Fsp3) is 0.429. The molecule has 0 spiro atoms. The summed E-state index contributed by atoms with van der Waals surface area (Å²) in [7, 11) is -3.57. The average Bonchev–Trinajstić information content (AvgIpc) is 2.58. The minimum atomic E-state index is -3.57. The molecule has 0 aliphatic carbocycles. The molecule has 4 nitrogen and oxygen atoms in total. The van der Waals surface area contributed by atoms with Crippen molar-refractivity contribution >= 4 is 15.7 Å². The van der Waals surface area contributed by atoms with E-state index in [2.05, 4.69) is 16.5 Å². The Morgan fingerprint density at radius 2 is 1.69 bits per heavy atom. The van der Waals surface area contributed by atoms with Gasteiger partial charge < -0.3 is 0 Å². The van der Waals surface area contributed by atoms with Crippen LogP contribution in [0.25, 0.3) is 0 Å². The van der Waals surface area contributed by atoms with E-state index in [0.717, 1.165) is 36.7 Å². The summed E-state index contributed by atoms with van der Waals surface area (Å²) in [6.07, 6.45) is 2.52. The first-order valence-electron chi connectivity index (χ1n) is 9.25. The topological polar surface area (TPSA) is 49.4 Å². The Balaban J connectivity index is 1.67. The van der Waals surface area contributed by atoms with Crippen LogP contribution in [0.3, 0.4) is 0 Å². The molecule has 0 amide bonds. The maximum Gasteiger partial charge on any atom is 0.262 e. The van der Waals surface area contributed by atoms with Crippen LogP contribution in [0.15, 0.2) is 47.4 Å². The van der Waals surface area contributed by atoms with Crippen LogP contribution >= 0.6 is 0 Å². The molecule has 26 heavy (non-hydrogen) atoms. The van der Waals surface area contributed by atoms with Gasteiger partial charge in [-0.15, -0.1) is 0 Å². The highest BCUT2D eigenvalue weighted by atomic mass is 32.2. The van der Waals surface area contributed by atoms with Gasteiger partial charge in [0, 0.05) is 12.2 Å². The molecule has 140 valence electrons. The van der Waals surface area contributed by atoms with E-state index in [0.29, 0.717) is 10.6 Å². The SMILES string of the molecule is Cc1ccc(S(=O)(=O)Nc2ccc(CN3CCC(C)CC3)cc2)c(C)c1. The van der Waals surface area contributed by atoms with Gasteiger partial charge in [0.15, 0.2) is 0 Å². The Morgan fingerprint density at radius 3 is 2.31 bits per heavy atom. The van der Waals surface area contributed by atoms with Crippen LogP contribution in [-0.4, -0.2) is 26.4 Å². The smallest absolute Gasteiger partial charge is 0.262 e. The largest absolute Gasteiger partial charge is 0.299 e. The van der Waals surface area contributed by atoms with Crippen LogP contribution in [0.5, 0.6) is 0 Å². The van der Waals surface area contributed by atoms with Crippen LogP contribution in [-0.2, 0) is 16.6 Å². The zero-order chi connectivity index (χ0) is 18.7. The number of rotatable bonds is 5. The fourth-order valence-corrected chi connectivity index (χ4v) is 4.75. The third kappa shape index (κ3) is 4.65. The van der Waals surface area contributed by atoms with E-state index >= 15 is 0 Å². The molecule has 0 aromatic heterocycles. The molecule has 0 saturated carbocycles. The lowest BCUT2D eigenvalue weighted by Crippen LogP contribution is -2.32. The van der Waals surface area contributed by atoms with Crippen molar-refractivity contribution in [2.45, 2.75) is 45.1 Å². The van der Waals surface area contributed by atoms with Gasteiger partial charge in [0.2, 0.25) is 0 Å². The summed E-state index contributed by atoms with van der Waals surface area (Å²) in [5, 5.41) is 0. The third-order valence-electron chi connectivity index (χ3n) is 5.11. The van der Waals surface area contributed by atoms with Gasteiger partial charge in [-0.1, -0.05) is 36.8 Å². The lowest BCUT2D eigenvalue weighted by molar-refractivity contribution is 0.185. The minimum Gasteiger partial charge on any atom is -0.299 e. The summed E-state index contributed by atoms with van der Waals surface area (Å²) in [5.74, 6) is 0.827. The molecule has 2 aromatic carbocycles. The van der Waals surface area contributed by atoms with Crippen LogP contribution in [0.1, 0.15) is 36.5 Å². The van der Waals surface area contributed by atoms with Crippen LogP contribution in [0.4, 0.5) is 5.69 Å². The summed E-state index contributed by atoms with van der Waals surface area (Å²) in [6, 6.07) is 13.1.